The van der Waals surface area contributed by atoms with Crippen molar-refractivity contribution in [2.45, 2.75) is 37.0 Å². The number of nitro groups is 2. The third-order valence-electron chi connectivity index (χ3n) is 5.21. The average Bonchev–Trinajstić information content (AvgIpc) is 2.96. The smallest absolute Gasteiger partial charge is 0.269 e. The molecule has 12 nitrogen and oxygen atoms in total. The molecule has 2 N–H and O–H groups in total. The summed E-state index contributed by atoms with van der Waals surface area (Å²) < 4.78 is 22.9. The Labute approximate surface area is 181 Å². The summed E-state index contributed by atoms with van der Waals surface area (Å²) >= 11 is 0. The largest absolute Gasteiger partial charge is 0.388 e. The first-order valence-electron chi connectivity index (χ1n) is 9.72. The van der Waals surface area contributed by atoms with E-state index < -0.39 is 46.8 Å². The molecule has 2 saturated heterocycles. The minimum atomic E-state index is -1.32. The fourth-order valence-corrected chi connectivity index (χ4v) is 3.59. The van der Waals surface area contributed by atoms with Crippen LogP contribution in [0.4, 0.5) is 11.4 Å². The maximum atomic E-state index is 11.1. The van der Waals surface area contributed by atoms with Crippen LogP contribution in [0, 0.1) is 20.2 Å². The molecule has 0 saturated carbocycles. The number of fused-ring (bicyclic) bond motifs is 2. The van der Waals surface area contributed by atoms with Crippen molar-refractivity contribution in [3.05, 3.63) is 79.9 Å². The Hall–Kier alpha value is -3.00. The molecule has 2 aliphatic rings. The van der Waals surface area contributed by atoms with Crippen LogP contribution >= 0.6 is 0 Å². The van der Waals surface area contributed by atoms with Gasteiger partial charge in [-0.1, -0.05) is 24.3 Å². The molecule has 2 aromatic carbocycles. The first-order chi connectivity index (χ1) is 15.3. The second kappa shape index (κ2) is 9.24. The maximum absolute atomic E-state index is 11.1. The Morgan fingerprint density at radius 3 is 1.91 bits per heavy atom. The molecule has 4 rings (SSSR count). The molecule has 6 atom stereocenters. The van der Waals surface area contributed by atoms with E-state index in [0.717, 1.165) is 0 Å². The molecule has 0 spiro atoms. The van der Waals surface area contributed by atoms with Crippen LogP contribution in [0.2, 0.25) is 0 Å². The summed E-state index contributed by atoms with van der Waals surface area (Å²) in [6.45, 7) is -0.490. The van der Waals surface area contributed by atoms with Crippen molar-refractivity contribution in [2.75, 3.05) is 13.2 Å². The van der Waals surface area contributed by atoms with Gasteiger partial charge in [0.15, 0.2) is 12.6 Å². The summed E-state index contributed by atoms with van der Waals surface area (Å²) in [7, 11) is 0. The SMILES string of the molecule is O=[N+]([O-])c1cccc(C2OC[C@@H]3OC(c4cccc([N+](=O)[O-])c4)OC[C@@H](O)[C@@H](O2)[C@@H]3O)c1. The number of hydrogen-bond acceptors (Lipinski definition) is 10. The van der Waals surface area contributed by atoms with Crippen LogP contribution in [-0.4, -0.2) is 57.7 Å². The van der Waals surface area contributed by atoms with E-state index >= 15 is 0 Å². The van der Waals surface area contributed by atoms with Gasteiger partial charge in [0.1, 0.15) is 24.4 Å². The van der Waals surface area contributed by atoms with Gasteiger partial charge in [0.2, 0.25) is 0 Å². The summed E-state index contributed by atoms with van der Waals surface area (Å²) in [5, 5.41) is 43.6. The van der Waals surface area contributed by atoms with Gasteiger partial charge in [-0.05, 0) is 0 Å². The van der Waals surface area contributed by atoms with Gasteiger partial charge in [-0.2, -0.15) is 0 Å². The molecular formula is C20H20N2O10. The average molecular weight is 448 g/mol. The lowest BCUT2D eigenvalue weighted by atomic mass is 10.0. The Morgan fingerprint density at radius 1 is 0.812 bits per heavy atom. The molecule has 2 heterocycles. The molecule has 0 amide bonds. The van der Waals surface area contributed by atoms with Crippen molar-refractivity contribution in [1.82, 2.24) is 0 Å². The number of aliphatic hydroxyl groups is 2. The van der Waals surface area contributed by atoms with Gasteiger partial charge in [0.05, 0.1) is 23.1 Å². The fraction of sp³-hybridized carbons (Fsp3) is 0.400. The molecule has 2 aliphatic heterocycles. The number of nitro benzene ring substituents is 2. The van der Waals surface area contributed by atoms with Crippen molar-refractivity contribution in [3.8, 4) is 0 Å². The first kappa shape index (κ1) is 22.2. The fourth-order valence-electron chi connectivity index (χ4n) is 3.59. The van der Waals surface area contributed by atoms with Gasteiger partial charge >= 0.3 is 0 Å². The zero-order valence-electron chi connectivity index (χ0n) is 16.6. The van der Waals surface area contributed by atoms with Gasteiger partial charge in [-0.15, -0.1) is 0 Å². The van der Waals surface area contributed by atoms with Gasteiger partial charge in [0, 0.05) is 35.4 Å². The Morgan fingerprint density at radius 2 is 1.34 bits per heavy atom. The molecule has 0 radical (unpaired) electrons. The first-order valence-corrected chi connectivity index (χ1v) is 9.72. The van der Waals surface area contributed by atoms with E-state index in [4.69, 9.17) is 18.9 Å². The topological polar surface area (TPSA) is 164 Å². The molecule has 170 valence electrons. The summed E-state index contributed by atoms with van der Waals surface area (Å²) in [5.41, 5.74) is 0.335. The number of non-ortho nitro benzene ring substituents is 2. The Kier molecular flexibility index (Phi) is 6.41. The summed E-state index contributed by atoms with van der Waals surface area (Å²) in [4.78, 5) is 21.1. The van der Waals surface area contributed by atoms with Crippen LogP contribution in [0.3, 0.4) is 0 Å². The van der Waals surface area contributed by atoms with Crippen LogP contribution < -0.4 is 0 Å². The van der Waals surface area contributed by atoms with E-state index in [1.807, 2.05) is 0 Å². The van der Waals surface area contributed by atoms with Crippen LogP contribution in [-0.2, 0) is 18.9 Å². The van der Waals surface area contributed by atoms with Gasteiger partial charge in [-0.25, -0.2) is 0 Å². The van der Waals surface area contributed by atoms with Crippen LogP contribution in [0.5, 0.6) is 0 Å². The van der Waals surface area contributed by atoms with Gasteiger partial charge in [0.25, 0.3) is 11.4 Å². The van der Waals surface area contributed by atoms with Crippen molar-refractivity contribution in [3.63, 3.8) is 0 Å². The van der Waals surface area contributed by atoms with Gasteiger partial charge in [-0.3, -0.25) is 20.2 Å². The molecule has 2 unspecified atom stereocenters. The van der Waals surface area contributed by atoms with Crippen molar-refractivity contribution in [2.24, 2.45) is 0 Å². The number of hydrogen-bond donors (Lipinski definition) is 2. The lowest BCUT2D eigenvalue weighted by molar-refractivity contribution is -0.385. The zero-order valence-corrected chi connectivity index (χ0v) is 16.6. The second-order valence-electron chi connectivity index (χ2n) is 7.37. The summed E-state index contributed by atoms with van der Waals surface area (Å²) in [5.74, 6) is 0. The highest BCUT2D eigenvalue weighted by Gasteiger charge is 2.43. The van der Waals surface area contributed by atoms with Crippen molar-refractivity contribution in [1.29, 1.82) is 0 Å². The Balaban J connectivity index is 1.59. The minimum absolute atomic E-state index is 0.164. The van der Waals surface area contributed by atoms with E-state index in [-0.39, 0.29) is 24.6 Å². The molecule has 12 heteroatoms. The molecule has 32 heavy (non-hydrogen) atoms. The third-order valence-corrected chi connectivity index (χ3v) is 5.21. The molecule has 2 fully saturated rings. The number of benzene rings is 2. The van der Waals surface area contributed by atoms with Crippen molar-refractivity contribution < 1.29 is 39.0 Å². The Bertz CT molecular complexity index is 946. The molecule has 2 bridgehead atoms. The summed E-state index contributed by atoms with van der Waals surface area (Å²) in [6, 6.07) is 11.3. The summed E-state index contributed by atoms with van der Waals surface area (Å²) in [6.07, 6.45) is -7.00. The zero-order chi connectivity index (χ0) is 22.8. The number of rotatable bonds is 4. The highest BCUT2D eigenvalue weighted by atomic mass is 16.7. The quantitative estimate of drug-likeness (QED) is 0.520. The molecule has 0 aromatic heterocycles. The predicted molar refractivity (Wildman–Crippen MR) is 105 cm³/mol. The lowest BCUT2D eigenvalue weighted by Crippen LogP contribution is -2.50. The van der Waals surface area contributed by atoms with Crippen LogP contribution in [0.1, 0.15) is 23.7 Å². The number of ether oxygens (including phenoxy) is 4. The van der Waals surface area contributed by atoms with Crippen LogP contribution in [0.25, 0.3) is 0 Å². The van der Waals surface area contributed by atoms with E-state index in [1.165, 1.54) is 36.4 Å². The maximum Gasteiger partial charge on any atom is 0.269 e. The molecule has 0 aliphatic carbocycles. The molecule has 2 aromatic rings. The second-order valence-corrected chi connectivity index (χ2v) is 7.37. The normalized spacial score (nSPS) is 30.6. The number of nitrogens with zero attached hydrogens (tertiary/aromatic N) is 2. The highest BCUT2D eigenvalue weighted by Crippen LogP contribution is 2.35. The third kappa shape index (κ3) is 4.60. The van der Waals surface area contributed by atoms with E-state index in [9.17, 15) is 30.4 Å². The van der Waals surface area contributed by atoms with Crippen LogP contribution in [0.15, 0.2) is 48.5 Å². The lowest BCUT2D eigenvalue weighted by Gasteiger charge is -2.35. The predicted octanol–water partition coefficient (Wildman–Crippen LogP) is 1.75. The minimum Gasteiger partial charge on any atom is -0.388 e. The highest BCUT2D eigenvalue weighted by molar-refractivity contribution is 5.35. The van der Waals surface area contributed by atoms with Crippen molar-refractivity contribution >= 4 is 11.4 Å². The van der Waals surface area contributed by atoms with E-state index in [1.54, 1.807) is 12.1 Å². The standard InChI is InChI=1S/C20H20N2O10/c23-15-9-29-19(11-3-1-5-13(7-11)21(25)26)31-16-10-30-20(32-18(15)17(16)24)12-4-2-6-14(8-12)22(27)28/h1-8,15-20,23-24H,9-10H2/t15-,16+,17-,18-,19?,20?/m1/s1. The van der Waals surface area contributed by atoms with Gasteiger partial charge < -0.3 is 29.2 Å². The number of aliphatic hydroxyl groups excluding tert-OH is 2. The molecular weight excluding hydrogens is 428 g/mol. The van der Waals surface area contributed by atoms with E-state index in [0.29, 0.717) is 11.1 Å². The van der Waals surface area contributed by atoms with E-state index in [2.05, 4.69) is 0 Å². The monoisotopic (exact) mass is 448 g/mol.